The molecule has 0 radical (unpaired) electrons. The van der Waals surface area contributed by atoms with Crippen molar-refractivity contribution in [2.24, 2.45) is 0 Å². The van der Waals surface area contributed by atoms with E-state index in [9.17, 15) is 4.79 Å². The normalized spacial score (nSPS) is 21.5. The Bertz CT molecular complexity index is 206. The Morgan fingerprint density at radius 1 is 1.20 bits per heavy atom. The van der Waals surface area contributed by atoms with Crippen LogP contribution in [-0.4, -0.2) is 41.5 Å². The first-order valence-corrected chi connectivity index (χ1v) is 6.26. The van der Waals surface area contributed by atoms with Gasteiger partial charge in [0, 0.05) is 25.7 Å². The molecular formula is C12H24N2O. The highest BCUT2D eigenvalue weighted by molar-refractivity contribution is 5.77. The second kappa shape index (κ2) is 5.99. The van der Waals surface area contributed by atoms with Crippen LogP contribution in [0.4, 0.5) is 4.79 Å². The third kappa shape index (κ3) is 3.11. The van der Waals surface area contributed by atoms with Crippen molar-refractivity contribution in [1.29, 1.82) is 0 Å². The highest BCUT2D eigenvalue weighted by Gasteiger charge is 2.32. The van der Waals surface area contributed by atoms with E-state index in [0.717, 1.165) is 45.3 Å². The van der Waals surface area contributed by atoms with E-state index in [1.54, 1.807) is 0 Å². The molecule has 0 saturated carbocycles. The van der Waals surface area contributed by atoms with Crippen LogP contribution < -0.4 is 0 Å². The molecule has 0 bridgehead atoms. The molecule has 3 nitrogen and oxygen atoms in total. The quantitative estimate of drug-likeness (QED) is 0.664. The van der Waals surface area contributed by atoms with Crippen molar-refractivity contribution >= 4 is 6.03 Å². The smallest absolute Gasteiger partial charge is 0.320 e. The van der Waals surface area contributed by atoms with Crippen LogP contribution in [0.5, 0.6) is 0 Å². The second-order valence-corrected chi connectivity index (χ2v) is 4.48. The van der Waals surface area contributed by atoms with Crippen molar-refractivity contribution < 1.29 is 4.79 Å². The van der Waals surface area contributed by atoms with Gasteiger partial charge < -0.3 is 9.80 Å². The summed E-state index contributed by atoms with van der Waals surface area (Å²) in [5.74, 6) is 0. The minimum absolute atomic E-state index is 0.254. The van der Waals surface area contributed by atoms with Gasteiger partial charge in [-0.1, -0.05) is 26.7 Å². The molecule has 0 aromatic rings. The summed E-state index contributed by atoms with van der Waals surface area (Å²) in [4.78, 5) is 16.0. The Kier molecular flexibility index (Phi) is 4.92. The maximum absolute atomic E-state index is 12.0. The van der Waals surface area contributed by atoms with Gasteiger partial charge in [-0.25, -0.2) is 4.79 Å². The molecule has 0 aromatic carbocycles. The van der Waals surface area contributed by atoms with Crippen molar-refractivity contribution in [2.45, 2.75) is 52.5 Å². The monoisotopic (exact) mass is 212 g/mol. The molecule has 1 rings (SSSR count). The first-order valence-electron chi connectivity index (χ1n) is 6.26. The van der Waals surface area contributed by atoms with E-state index in [-0.39, 0.29) is 6.03 Å². The van der Waals surface area contributed by atoms with Crippen LogP contribution in [-0.2, 0) is 0 Å². The van der Waals surface area contributed by atoms with Crippen LogP contribution in [0.15, 0.2) is 0 Å². The predicted octanol–water partition coefficient (Wildman–Crippen LogP) is 2.71. The zero-order chi connectivity index (χ0) is 11.3. The molecule has 88 valence electrons. The van der Waals surface area contributed by atoms with Crippen LogP contribution >= 0.6 is 0 Å². The van der Waals surface area contributed by atoms with Crippen molar-refractivity contribution in [2.75, 3.05) is 19.6 Å². The molecule has 1 aliphatic rings. The molecular weight excluding hydrogens is 188 g/mol. The summed E-state index contributed by atoms with van der Waals surface area (Å²) >= 11 is 0. The van der Waals surface area contributed by atoms with Gasteiger partial charge in [0.05, 0.1) is 0 Å². The molecule has 1 fully saturated rings. The standard InChI is InChI=1S/C12H24N2O/c1-4-6-8-13-10-11(3)14(12(13)15)9-7-5-2/h11H,4-10H2,1-3H3. The molecule has 0 N–H and O–H groups in total. The second-order valence-electron chi connectivity index (χ2n) is 4.48. The Labute approximate surface area is 93.4 Å². The van der Waals surface area contributed by atoms with Gasteiger partial charge in [0.1, 0.15) is 0 Å². The van der Waals surface area contributed by atoms with Crippen LogP contribution in [0.25, 0.3) is 0 Å². The lowest BCUT2D eigenvalue weighted by molar-refractivity contribution is 0.186. The molecule has 1 atom stereocenters. The van der Waals surface area contributed by atoms with Gasteiger partial charge in [0.2, 0.25) is 0 Å². The molecule has 3 heteroatoms. The number of amides is 2. The first-order chi connectivity index (χ1) is 7.20. The number of carbonyl (C=O) groups is 1. The highest BCUT2D eigenvalue weighted by atomic mass is 16.2. The molecule has 1 aliphatic heterocycles. The number of hydrogen-bond donors (Lipinski definition) is 0. The van der Waals surface area contributed by atoms with Crippen molar-refractivity contribution in [3.63, 3.8) is 0 Å². The SMILES string of the molecule is CCCCN1CC(C)N(CCCC)C1=O. The van der Waals surface area contributed by atoms with Crippen LogP contribution in [0.2, 0.25) is 0 Å². The van der Waals surface area contributed by atoms with Gasteiger partial charge in [-0.2, -0.15) is 0 Å². The lowest BCUT2D eigenvalue weighted by Crippen LogP contribution is -2.34. The van der Waals surface area contributed by atoms with Gasteiger partial charge >= 0.3 is 6.03 Å². The summed E-state index contributed by atoms with van der Waals surface area (Å²) in [6.45, 7) is 9.27. The minimum Gasteiger partial charge on any atom is -0.323 e. The zero-order valence-corrected chi connectivity index (χ0v) is 10.3. The lowest BCUT2D eigenvalue weighted by Gasteiger charge is -2.20. The fraction of sp³-hybridized carbons (Fsp3) is 0.917. The zero-order valence-electron chi connectivity index (χ0n) is 10.3. The Morgan fingerprint density at radius 3 is 2.40 bits per heavy atom. The van der Waals surface area contributed by atoms with Crippen molar-refractivity contribution in [3.8, 4) is 0 Å². The first kappa shape index (κ1) is 12.3. The van der Waals surface area contributed by atoms with Gasteiger partial charge in [0.15, 0.2) is 0 Å². The van der Waals surface area contributed by atoms with Crippen molar-refractivity contribution in [3.05, 3.63) is 0 Å². The van der Waals surface area contributed by atoms with Crippen LogP contribution in [0.1, 0.15) is 46.5 Å². The van der Waals surface area contributed by atoms with Gasteiger partial charge in [-0.15, -0.1) is 0 Å². The maximum atomic E-state index is 12.0. The topological polar surface area (TPSA) is 23.6 Å². The number of hydrogen-bond acceptors (Lipinski definition) is 1. The summed E-state index contributed by atoms with van der Waals surface area (Å²) in [6.07, 6.45) is 4.57. The fourth-order valence-electron chi connectivity index (χ4n) is 2.05. The number of carbonyl (C=O) groups excluding carboxylic acids is 1. The molecule has 1 saturated heterocycles. The van der Waals surface area contributed by atoms with E-state index in [1.165, 1.54) is 0 Å². The fourth-order valence-corrected chi connectivity index (χ4v) is 2.05. The number of urea groups is 1. The molecule has 15 heavy (non-hydrogen) atoms. The predicted molar refractivity (Wildman–Crippen MR) is 63.0 cm³/mol. The van der Waals surface area contributed by atoms with E-state index in [0.29, 0.717) is 6.04 Å². The average Bonchev–Trinajstić information content (AvgIpc) is 2.49. The van der Waals surface area contributed by atoms with E-state index in [1.807, 2.05) is 9.80 Å². The van der Waals surface area contributed by atoms with Gasteiger partial charge in [-0.3, -0.25) is 0 Å². The molecule has 1 unspecified atom stereocenters. The molecule has 2 amide bonds. The third-order valence-electron chi connectivity index (χ3n) is 3.07. The lowest BCUT2D eigenvalue weighted by atomic mass is 10.2. The Morgan fingerprint density at radius 2 is 1.80 bits per heavy atom. The van der Waals surface area contributed by atoms with E-state index >= 15 is 0 Å². The van der Waals surface area contributed by atoms with Gasteiger partial charge in [0.25, 0.3) is 0 Å². The summed E-state index contributed by atoms with van der Waals surface area (Å²) in [7, 11) is 0. The summed E-state index contributed by atoms with van der Waals surface area (Å²) in [5.41, 5.74) is 0. The van der Waals surface area contributed by atoms with Crippen molar-refractivity contribution in [1.82, 2.24) is 9.80 Å². The number of unbranched alkanes of at least 4 members (excludes halogenated alkanes) is 2. The highest BCUT2D eigenvalue weighted by Crippen LogP contribution is 2.16. The molecule has 0 aliphatic carbocycles. The van der Waals surface area contributed by atoms with Crippen LogP contribution in [0, 0.1) is 0 Å². The van der Waals surface area contributed by atoms with E-state index < -0.39 is 0 Å². The summed E-state index contributed by atoms with van der Waals surface area (Å²) in [6, 6.07) is 0.658. The van der Waals surface area contributed by atoms with E-state index in [4.69, 9.17) is 0 Å². The number of rotatable bonds is 6. The largest absolute Gasteiger partial charge is 0.323 e. The molecule has 1 heterocycles. The summed E-state index contributed by atoms with van der Waals surface area (Å²) in [5, 5.41) is 0. The number of nitrogens with zero attached hydrogens (tertiary/aromatic N) is 2. The minimum atomic E-state index is 0.254. The Balaban J connectivity index is 2.42. The maximum Gasteiger partial charge on any atom is 0.320 e. The Hall–Kier alpha value is -0.730. The third-order valence-corrected chi connectivity index (χ3v) is 3.07. The summed E-state index contributed by atoms with van der Waals surface area (Å²) < 4.78 is 0. The molecule has 0 aromatic heterocycles. The molecule has 0 spiro atoms. The van der Waals surface area contributed by atoms with E-state index in [2.05, 4.69) is 20.8 Å². The average molecular weight is 212 g/mol. The van der Waals surface area contributed by atoms with Gasteiger partial charge in [-0.05, 0) is 19.8 Å². The van der Waals surface area contributed by atoms with Crippen LogP contribution in [0.3, 0.4) is 0 Å².